The Morgan fingerprint density at radius 3 is 1.95 bits per heavy atom. The summed E-state index contributed by atoms with van der Waals surface area (Å²) in [4.78, 5) is 13.0. The molecule has 0 saturated carbocycles. The summed E-state index contributed by atoms with van der Waals surface area (Å²) in [5.41, 5.74) is 1.01. The number of benzene rings is 1. The van der Waals surface area contributed by atoms with Gasteiger partial charge in [-0.3, -0.25) is 0 Å². The van der Waals surface area contributed by atoms with E-state index in [1.165, 1.54) is 5.19 Å². The number of carbonyl (C=O) groups is 1. The van der Waals surface area contributed by atoms with Crippen LogP contribution in [-0.4, -0.2) is 95.4 Å². The number of cyclic esters (lactones) is 1. The molecule has 0 bridgehead atoms. The maximum absolute atomic E-state index is 13.0. The van der Waals surface area contributed by atoms with Crippen molar-refractivity contribution >= 4 is 27.5 Å². The standard InChI is InChI=1S/C30H52O10Si2/c1-30(2,3)42(9,10)39-20-25(36-19-23-11-13-24(14-12-23)41(6,7)8)26-27(37-21-34-17-15-32-4)28(29(31)40-26)38-22-35-18-16-33-5/h11-14,25-26H,15-22H2,1-10H3/t25-,26+/m0/s1. The molecule has 0 saturated heterocycles. The quantitative estimate of drug-likeness (QED) is 0.0885. The Hall–Kier alpha value is -1.78. The van der Waals surface area contributed by atoms with E-state index >= 15 is 0 Å². The Balaban J connectivity index is 2.30. The second kappa shape index (κ2) is 16.9. The Morgan fingerprint density at radius 2 is 1.43 bits per heavy atom. The summed E-state index contributed by atoms with van der Waals surface area (Å²) >= 11 is 0. The van der Waals surface area contributed by atoms with E-state index in [4.69, 9.17) is 42.3 Å². The molecule has 0 aromatic heterocycles. The smallest absolute Gasteiger partial charge is 0.378 e. The van der Waals surface area contributed by atoms with Gasteiger partial charge in [-0.25, -0.2) is 4.79 Å². The largest absolute Gasteiger partial charge is 0.464 e. The van der Waals surface area contributed by atoms with Crippen molar-refractivity contribution in [2.24, 2.45) is 0 Å². The van der Waals surface area contributed by atoms with Crippen LogP contribution in [0, 0.1) is 0 Å². The van der Waals surface area contributed by atoms with Gasteiger partial charge in [-0.1, -0.05) is 69.9 Å². The van der Waals surface area contributed by atoms with Crippen molar-refractivity contribution in [2.45, 2.75) is 77.4 Å². The minimum atomic E-state index is -2.16. The molecular formula is C30H52O10Si2. The summed E-state index contributed by atoms with van der Waals surface area (Å²) in [6.07, 6.45) is -1.56. The van der Waals surface area contributed by atoms with Gasteiger partial charge in [-0.15, -0.1) is 0 Å². The molecule has 12 heteroatoms. The van der Waals surface area contributed by atoms with Gasteiger partial charge in [0.1, 0.15) is 6.10 Å². The summed E-state index contributed by atoms with van der Waals surface area (Å²) < 4.78 is 51.4. The molecule has 0 amide bonds. The van der Waals surface area contributed by atoms with Crippen molar-refractivity contribution in [1.29, 1.82) is 0 Å². The molecule has 240 valence electrons. The van der Waals surface area contributed by atoms with E-state index in [0.717, 1.165) is 5.56 Å². The fraction of sp³-hybridized carbons (Fsp3) is 0.700. The van der Waals surface area contributed by atoms with Gasteiger partial charge in [0.2, 0.25) is 5.76 Å². The molecule has 0 N–H and O–H groups in total. The van der Waals surface area contributed by atoms with Crippen LogP contribution in [-0.2, 0) is 53.7 Å². The van der Waals surface area contributed by atoms with Crippen molar-refractivity contribution in [3.8, 4) is 0 Å². The zero-order valence-corrected chi connectivity index (χ0v) is 29.2. The normalized spacial score (nSPS) is 17.0. The maximum Gasteiger partial charge on any atom is 0.378 e. The van der Waals surface area contributed by atoms with Crippen molar-refractivity contribution in [3.63, 3.8) is 0 Å². The summed E-state index contributed by atoms with van der Waals surface area (Å²) in [5, 5.41) is 1.35. The van der Waals surface area contributed by atoms with Crippen LogP contribution in [0.2, 0.25) is 37.8 Å². The van der Waals surface area contributed by atoms with Crippen LogP contribution < -0.4 is 5.19 Å². The van der Waals surface area contributed by atoms with E-state index in [1.807, 2.05) is 0 Å². The molecule has 0 spiro atoms. The number of methoxy groups -OCH3 is 2. The lowest BCUT2D eigenvalue weighted by Crippen LogP contribution is -2.45. The monoisotopic (exact) mass is 628 g/mol. The van der Waals surface area contributed by atoms with Gasteiger partial charge in [0.25, 0.3) is 0 Å². The molecule has 1 aliphatic heterocycles. The maximum atomic E-state index is 13.0. The second-order valence-corrected chi connectivity index (χ2v) is 22.6. The van der Waals surface area contributed by atoms with Crippen LogP contribution in [0.5, 0.6) is 0 Å². The van der Waals surface area contributed by atoms with Crippen LogP contribution in [0.4, 0.5) is 0 Å². The molecule has 1 aromatic carbocycles. The molecule has 1 aromatic rings. The minimum Gasteiger partial charge on any atom is -0.464 e. The molecule has 0 radical (unpaired) electrons. The Labute approximate surface area is 254 Å². The lowest BCUT2D eigenvalue weighted by molar-refractivity contribution is -0.154. The number of esters is 1. The highest BCUT2D eigenvalue weighted by Gasteiger charge is 2.45. The highest BCUT2D eigenvalue weighted by molar-refractivity contribution is 6.88. The summed E-state index contributed by atoms with van der Waals surface area (Å²) in [6, 6.07) is 8.51. The van der Waals surface area contributed by atoms with E-state index in [1.54, 1.807) is 14.2 Å². The fourth-order valence-electron chi connectivity index (χ4n) is 3.62. The molecule has 1 heterocycles. The number of ether oxygens (including phenoxy) is 8. The van der Waals surface area contributed by atoms with Crippen molar-refractivity contribution in [1.82, 2.24) is 0 Å². The minimum absolute atomic E-state index is 0.0191. The highest BCUT2D eigenvalue weighted by atomic mass is 28.4. The van der Waals surface area contributed by atoms with Gasteiger partial charge in [0, 0.05) is 14.2 Å². The van der Waals surface area contributed by atoms with Gasteiger partial charge in [0.05, 0.1) is 47.7 Å². The van der Waals surface area contributed by atoms with Gasteiger partial charge in [-0.2, -0.15) is 0 Å². The third-order valence-electron chi connectivity index (χ3n) is 7.39. The number of hydrogen-bond acceptors (Lipinski definition) is 10. The third kappa shape index (κ3) is 11.4. The average Bonchev–Trinajstić information content (AvgIpc) is 3.22. The van der Waals surface area contributed by atoms with E-state index in [2.05, 4.69) is 77.8 Å². The first-order chi connectivity index (χ1) is 19.7. The highest BCUT2D eigenvalue weighted by Crippen LogP contribution is 2.37. The van der Waals surface area contributed by atoms with Crippen molar-refractivity contribution in [2.75, 3.05) is 60.8 Å². The lowest BCUT2D eigenvalue weighted by Gasteiger charge is -2.37. The van der Waals surface area contributed by atoms with Gasteiger partial charge in [0.15, 0.2) is 33.8 Å². The third-order valence-corrected chi connectivity index (χ3v) is 14.0. The lowest BCUT2D eigenvalue weighted by atomic mass is 10.1. The van der Waals surface area contributed by atoms with Crippen molar-refractivity contribution in [3.05, 3.63) is 41.3 Å². The topological polar surface area (TPSA) is 100 Å². The van der Waals surface area contributed by atoms with Crippen molar-refractivity contribution < 1.29 is 47.1 Å². The van der Waals surface area contributed by atoms with Crippen LogP contribution in [0.1, 0.15) is 26.3 Å². The molecule has 0 fully saturated rings. The van der Waals surface area contributed by atoms with Gasteiger partial charge in [-0.05, 0) is 23.7 Å². The number of hydrogen-bond donors (Lipinski definition) is 0. The van der Waals surface area contributed by atoms with Gasteiger partial charge < -0.3 is 42.3 Å². The fourth-order valence-corrected chi connectivity index (χ4v) is 5.80. The first-order valence-corrected chi connectivity index (χ1v) is 20.8. The summed E-state index contributed by atoms with van der Waals surface area (Å²) in [5.74, 6) is -0.554. The van der Waals surface area contributed by atoms with Crippen LogP contribution >= 0.6 is 0 Å². The Morgan fingerprint density at radius 1 is 0.857 bits per heavy atom. The van der Waals surface area contributed by atoms with Crippen LogP contribution in [0.25, 0.3) is 0 Å². The zero-order chi connectivity index (χ0) is 31.4. The van der Waals surface area contributed by atoms with Crippen LogP contribution in [0.15, 0.2) is 35.8 Å². The molecule has 0 aliphatic carbocycles. The second-order valence-electron chi connectivity index (χ2n) is 12.7. The SMILES string of the molecule is COCCOCOC1=C(OCOCCOC)[C@@H]([C@H](CO[Si](C)(C)C(C)(C)C)OCc2ccc([Si](C)(C)C)cc2)OC1=O. The predicted molar refractivity (Wildman–Crippen MR) is 166 cm³/mol. The molecule has 0 unspecified atom stereocenters. The molecule has 10 nitrogen and oxygen atoms in total. The average molecular weight is 629 g/mol. The Kier molecular flexibility index (Phi) is 14.7. The number of rotatable bonds is 20. The van der Waals surface area contributed by atoms with E-state index in [-0.39, 0.29) is 36.7 Å². The zero-order valence-electron chi connectivity index (χ0n) is 27.2. The van der Waals surface area contributed by atoms with E-state index in [0.29, 0.717) is 33.0 Å². The van der Waals surface area contributed by atoms with E-state index < -0.39 is 34.6 Å². The molecule has 1 aliphatic rings. The number of carbonyl (C=O) groups excluding carboxylic acids is 1. The summed E-state index contributed by atoms with van der Waals surface area (Å²) in [7, 11) is -0.421. The molecule has 2 rings (SSSR count). The molecular weight excluding hydrogens is 576 g/mol. The Bertz CT molecular complexity index is 983. The molecule has 2 atom stereocenters. The first-order valence-electron chi connectivity index (χ1n) is 14.4. The van der Waals surface area contributed by atoms with E-state index in [9.17, 15) is 4.79 Å². The van der Waals surface area contributed by atoms with Gasteiger partial charge >= 0.3 is 5.97 Å². The molecule has 42 heavy (non-hydrogen) atoms. The first kappa shape index (κ1) is 36.4. The predicted octanol–water partition coefficient (Wildman–Crippen LogP) is 4.55. The van der Waals surface area contributed by atoms with Crippen LogP contribution in [0.3, 0.4) is 0 Å². The summed E-state index contributed by atoms with van der Waals surface area (Å²) in [6.45, 7) is 19.4.